The van der Waals surface area contributed by atoms with Crippen molar-refractivity contribution >= 4 is 21.6 Å². The molecule has 160 valence electrons. The number of hydrogen-bond donors (Lipinski definition) is 0. The number of thiazole rings is 1. The van der Waals surface area contributed by atoms with Crippen molar-refractivity contribution < 1.29 is 13.2 Å². The molecule has 0 radical (unpaired) electrons. The maximum absolute atomic E-state index is 12.8. The fraction of sp³-hybridized carbons (Fsp3) is 0.333. The quantitative estimate of drug-likeness (QED) is 0.458. The van der Waals surface area contributed by atoms with Gasteiger partial charge in [-0.15, -0.1) is 16.4 Å². The lowest BCUT2D eigenvalue weighted by Gasteiger charge is -2.30. The molecule has 31 heavy (non-hydrogen) atoms. The lowest BCUT2D eigenvalue weighted by molar-refractivity contribution is -0.137. The summed E-state index contributed by atoms with van der Waals surface area (Å²) in [5.74, 6) is 1.05. The van der Waals surface area contributed by atoms with E-state index in [9.17, 15) is 13.2 Å². The van der Waals surface area contributed by atoms with Gasteiger partial charge in [0, 0.05) is 5.92 Å². The predicted molar refractivity (Wildman–Crippen MR) is 111 cm³/mol. The number of tetrazole rings is 1. The summed E-state index contributed by atoms with van der Waals surface area (Å²) in [6.07, 6.45) is -2.36. The van der Waals surface area contributed by atoms with Crippen molar-refractivity contribution in [2.45, 2.75) is 31.5 Å². The number of alkyl halides is 3. The molecular weight excluding hydrogens is 425 g/mol. The second-order valence-corrected chi connectivity index (χ2v) is 8.68. The smallest absolute Gasteiger partial charge is 0.296 e. The highest BCUT2D eigenvalue weighted by Crippen LogP contribution is 2.34. The second-order valence-electron chi connectivity index (χ2n) is 7.62. The van der Waals surface area contributed by atoms with E-state index in [0.717, 1.165) is 43.6 Å². The summed E-state index contributed by atoms with van der Waals surface area (Å²) in [5.41, 5.74) is 0.876. The first-order chi connectivity index (χ1) is 15.0. The van der Waals surface area contributed by atoms with Crippen molar-refractivity contribution in [1.29, 1.82) is 0 Å². The van der Waals surface area contributed by atoms with Crippen LogP contribution in [0.15, 0.2) is 48.5 Å². The van der Waals surface area contributed by atoms with Crippen LogP contribution in [0, 0.1) is 0 Å². The summed E-state index contributed by atoms with van der Waals surface area (Å²) in [6.45, 7) is 2.32. The molecule has 1 saturated heterocycles. The minimum atomic E-state index is -4.37. The van der Waals surface area contributed by atoms with Gasteiger partial charge >= 0.3 is 6.18 Å². The highest BCUT2D eigenvalue weighted by Gasteiger charge is 2.30. The molecule has 0 spiro atoms. The van der Waals surface area contributed by atoms with E-state index in [-0.39, 0.29) is 0 Å². The highest BCUT2D eigenvalue weighted by atomic mass is 32.1. The van der Waals surface area contributed by atoms with Crippen molar-refractivity contribution in [3.05, 3.63) is 64.9 Å². The van der Waals surface area contributed by atoms with E-state index in [0.29, 0.717) is 24.0 Å². The van der Waals surface area contributed by atoms with Crippen LogP contribution in [0.5, 0.6) is 0 Å². The summed E-state index contributed by atoms with van der Waals surface area (Å²) in [6, 6.07) is 13.1. The Morgan fingerprint density at radius 2 is 1.74 bits per heavy atom. The first-order valence-electron chi connectivity index (χ1n) is 10.00. The summed E-state index contributed by atoms with van der Waals surface area (Å²) in [5, 5.41) is 13.0. The number of halogens is 3. The first kappa shape index (κ1) is 20.1. The molecule has 0 saturated carbocycles. The molecule has 4 aromatic rings. The zero-order valence-corrected chi connectivity index (χ0v) is 17.3. The van der Waals surface area contributed by atoms with Crippen LogP contribution in [0.3, 0.4) is 0 Å². The topological polar surface area (TPSA) is 59.7 Å². The standard InChI is InChI=1S/C21H19F3N6S/c22-21(23,24)15-5-7-16(8-6-15)30-19(26-27-28-30)13-29-11-9-14(10-12-29)20-25-17-3-1-2-4-18(17)31-20/h1-8,14H,9-13H2. The molecule has 0 atom stereocenters. The van der Waals surface area contributed by atoms with Gasteiger partial charge in [0.1, 0.15) is 0 Å². The zero-order valence-electron chi connectivity index (χ0n) is 16.5. The van der Waals surface area contributed by atoms with E-state index in [1.165, 1.54) is 26.5 Å². The van der Waals surface area contributed by atoms with E-state index in [4.69, 9.17) is 4.98 Å². The number of fused-ring (bicyclic) bond motifs is 1. The highest BCUT2D eigenvalue weighted by molar-refractivity contribution is 7.18. The Morgan fingerprint density at radius 3 is 2.45 bits per heavy atom. The van der Waals surface area contributed by atoms with Gasteiger partial charge < -0.3 is 0 Å². The molecule has 0 unspecified atom stereocenters. The van der Waals surface area contributed by atoms with E-state index < -0.39 is 11.7 Å². The normalized spacial score (nSPS) is 16.2. The first-order valence-corrected chi connectivity index (χ1v) is 10.8. The number of hydrogen-bond acceptors (Lipinski definition) is 6. The fourth-order valence-corrected chi connectivity index (χ4v) is 5.04. The molecule has 2 aromatic carbocycles. The van der Waals surface area contributed by atoms with E-state index >= 15 is 0 Å². The summed E-state index contributed by atoms with van der Waals surface area (Å²) >= 11 is 1.77. The van der Waals surface area contributed by atoms with Gasteiger partial charge in [-0.1, -0.05) is 12.1 Å². The Morgan fingerprint density at radius 1 is 1.00 bits per heavy atom. The van der Waals surface area contributed by atoms with E-state index in [2.05, 4.69) is 26.5 Å². The van der Waals surface area contributed by atoms with Crippen LogP contribution < -0.4 is 0 Å². The molecule has 0 aliphatic carbocycles. The molecule has 5 rings (SSSR count). The molecule has 6 nitrogen and oxygen atoms in total. The summed E-state index contributed by atoms with van der Waals surface area (Å²) < 4.78 is 41.1. The van der Waals surface area contributed by atoms with Gasteiger partial charge in [0.15, 0.2) is 5.82 Å². The van der Waals surface area contributed by atoms with Crippen LogP contribution in [0.2, 0.25) is 0 Å². The molecule has 10 heteroatoms. The Hall–Kier alpha value is -2.85. The molecule has 1 aliphatic rings. The molecule has 0 amide bonds. The number of piperidine rings is 1. The minimum absolute atomic E-state index is 0.444. The summed E-state index contributed by atoms with van der Waals surface area (Å²) in [4.78, 5) is 7.07. The van der Waals surface area contributed by atoms with E-state index in [1.54, 1.807) is 11.3 Å². The molecule has 1 fully saturated rings. The molecule has 1 aliphatic heterocycles. The number of likely N-dealkylation sites (tertiary alicyclic amines) is 1. The SMILES string of the molecule is FC(F)(F)c1ccc(-n2nnnc2CN2CCC(c3nc4ccccc4s3)CC2)cc1. The maximum atomic E-state index is 12.8. The van der Waals surface area contributed by atoms with Gasteiger partial charge in [-0.25, -0.2) is 4.98 Å². The van der Waals surface area contributed by atoms with Crippen molar-refractivity contribution in [2.75, 3.05) is 13.1 Å². The van der Waals surface area contributed by atoms with Crippen molar-refractivity contribution in [3.63, 3.8) is 0 Å². The monoisotopic (exact) mass is 444 g/mol. The molecule has 0 bridgehead atoms. The van der Waals surface area contributed by atoms with Crippen LogP contribution in [0.4, 0.5) is 13.2 Å². The molecule has 2 aromatic heterocycles. The number of nitrogens with zero attached hydrogens (tertiary/aromatic N) is 6. The largest absolute Gasteiger partial charge is 0.416 e. The Kier molecular flexibility index (Phi) is 5.19. The van der Waals surface area contributed by atoms with Crippen LogP contribution >= 0.6 is 11.3 Å². The average molecular weight is 444 g/mol. The van der Waals surface area contributed by atoms with Gasteiger partial charge in [-0.3, -0.25) is 4.90 Å². The molecular formula is C21H19F3N6S. The Balaban J connectivity index is 1.25. The van der Waals surface area contributed by atoms with Gasteiger partial charge in [0.2, 0.25) is 0 Å². The van der Waals surface area contributed by atoms with Gasteiger partial charge in [0.05, 0.1) is 33.0 Å². The van der Waals surface area contributed by atoms with Crippen molar-refractivity contribution in [3.8, 4) is 5.69 Å². The zero-order chi connectivity index (χ0) is 21.4. The van der Waals surface area contributed by atoms with Crippen molar-refractivity contribution in [2.24, 2.45) is 0 Å². The van der Waals surface area contributed by atoms with Gasteiger partial charge in [-0.2, -0.15) is 17.9 Å². The average Bonchev–Trinajstić information content (AvgIpc) is 3.41. The second kappa shape index (κ2) is 8.01. The van der Waals surface area contributed by atoms with Crippen LogP contribution in [0.1, 0.15) is 35.2 Å². The molecule has 3 heterocycles. The number of benzene rings is 2. The number of aromatic nitrogens is 5. The predicted octanol–water partition coefficient (Wildman–Crippen LogP) is 4.67. The third kappa shape index (κ3) is 4.17. The van der Waals surface area contributed by atoms with Gasteiger partial charge in [-0.05, 0) is 72.8 Å². The third-order valence-corrected chi connectivity index (χ3v) is 6.78. The maximum Gasteiger partial charge on any atom is 0.416 e. The fourth-order valence-electron chi connectivity index (χ4n) is 3.90. The number of para-hydroxylation sites is 1. The van der Waals surface area contributed by atoms with Crippen LogP contribution in [-0.4, -0.2) is 43.2 Å². The Labute approximate surface area is 180 Å². The third-order valence-electron chi connectivity index (χ3n) is 5.59. The Bertz CT molecular complexity index is 1140. The molecule has 0 N–H and O–H groups in total. The van der Waals surface area contributed by atoms with Crippen molar-refractivity contribution in [1.82, 2.24) is 30.1 Å². The van der Waals surface area contributed by atoms with Gasteiger partial charge in [0.25, 0.3) is 0 Å². The number of rotatable bonds is 4. The lowest BCUT2D eigenvalue weighted by Crippen LogP contribution is -2.33. The van der Waals surface area contributed by atoms with Crippen LogP contribution in [0.25, 0.3) is 15.9 Å². The minimum Gasteiger partial charge on any atom is -0.296 e. The lowest BCUT2D eigenvalue weighted by atomic mass is 9.97. The summed E-state index contributed by atoms with van der Waals surface area (Å²) in [7, 11) is 0. The van der Waals surface area contributed by atoms with E-state index in [1.807, 2.05) is 18.2 Å². The van der Waals surface area contributed by atoms with Crippen LogP contribution in [-0.2, 0) is 12.7 Å².